The molecule has 6 heteroatoms. The molecule has 0 spiro atoms. The van der Waals surface area contributed by atoms with Crippen LogP contribution in [0.25, 0.3) is 0 Å². The minimum absolute atomic E-state index is 0.346. The van der Waals surface area contributed by atoms with Crippen molar-refractivity contribution >= 4 is 5.69 Å². The molecule has 2 heterocycles. The number of nitrogens with one attached hydrogen (secondary N) is 1. The van der Waals surface area contributed by atoms with Crippen molar-refractivity contribution in [3.63, 3.8) is 0 Å². The molecule has 0 atom stereocenters. The smallest absolute Gasteiger partial charge is 0.147 e. The van der Waals surface area contributed by atoms with Crippen LogP contribution in [0.1, 0.15) is 50.2 Å². The van der Waals surface area contributed by atoms with E-state index in [-0.39, 0.29) is 0 Å². The van der Waals surface area contributed by atoms with Gasteiger partial charge in [-0.25, -0.2) is 0 Å². The van der Waals surface area contributed by atoms with Gasteiger partial charge in [0.25, 0.3) is 0 Å². The fourth-order valence-corrected chi connectivity index (χ4v) is 4.22. The lowest BCUT2D eigenvalue weighted by Gasteiger charge is -2.34. The van der Waals surface area contributed by atoms with E-state index in [4.69, 9.17) is 5.73 Å². The van der Waals surface area contributed by atoms with Gasteiger partial charge in [0.15, 0.2) is 0 Å². The predicted molar refractivity (Wildman–Crippen MR) is 104 cm³/mol. The summed E-state index contributed by atoms with van der Waals surface area (Å²) in [6.45, 7) is 6.11. The Bertz CT molecular complexity index is 698. The molecule has 1 aromatic carbocycles. The van der Waals surface area contributed by atoms with E-state index in [1.54, 1.807) is 0 Å². The maximum Gasteiger partial charge on any atom is 0.147 e. The van der Waals surface area contributed by atoms with E-state index in [1.165, 1.54) is 18.5 Å². The Morgan fingerprint density at radius 2 is 1.85 bits per heavy atom. The minimum atomic E-state index is 0.346. The van der Waals surface area contributed by atoms with E-state index in [0.717, 1.165) is 50.7 Å². The molecule has 2 aromatic rings. The van der Waals surface area contributed by atoms with E-state index in [1.807, 2.05) is 0 Å². The Morgan fingerprint density at radius 3 is 2.50 bits per heavy atom. The van der Waals surface area contributed by atoms with Crippen LogP contribution in [0.2, 0.25) is 0 Å². The Kier molecular flexibility index (Phi) is 5.22. The van der Waals surface area contributed by atoms with E-state index >= 15 is 0 Å². The predicted octanol–water partition coefficient (Wildman–Crippen LogP) is 2.26. The Balaban J connectivity index is 1.30. The second-order valence-corrected chi connectivity index (χ2v) is 7.62. The van der Waals surface area contributed by atoms with Gasteiger partial charge in [0.1, 0.15) is 11.6 Å². The van der Waals surface area contributed by atoms with Crippen molar-refractivity contribution in [3.05, 3.63) is 42.0 Å². The van der Waals surface area contributed by atoms with Crippen molar-refractivity contribution < 1.29 is 0 Å². The van der Waals surface area contributed by atoms with Gasteiger partial charge in [0.05, 0.1) is 6.54 Å². The molecule has 26 heavy (non-hydrogen) atoms. The molecule has 0 unspecified atom stereocenters. The maximum absolute atomic E-state index is 5.94. The molecule has 140 valence electrons. The quantitative estimate of drug-likeness (QED) is 0.832. The molecular formula is C20H30N6. The van der Waals surface area contributed by atoms with E-state index in [9.17, 15) is 0 Å². The monoisotopic (exact) mass is 354 g/mol. The summed E-state index contributed by atoms with van der Waals surface area (Å²) < 4.78 is 2.28. The molecule has 1 saturated carbocycles. The average Bonchev–Trinajstić information content (AvgIpc) is 3.07. The van der Waals surface area contributed by atoms with Gasteiger partial charge in [-0.3, -0.25) is 0 Å². The first kappa shape index (κ1) is 17.5. The molecule has 1 saturated heterocycles. The highest BCUT2D eigenvalue weighted by atomic mass is 15.3. The second kappa shape index (κ2) is 7.76. The third-order valence-electron chi connectivity index (χ3n) is 5.88. The molecule has 2 fully saturated rings. The molecule has 1 aliphatic heterocycles. The first-order chi connectivity index (χ1) is 12.7. The number of piperidine rings is 1. The van der Waals surface area contributed by atoms with Gasteiger partial charge >= 0.3 is 0 Å². The van der Waals surface area contributed by atoms with E-state index in [2.05, 4.69) is 62.2 Å². The zero-order chi connectivity index (χ0) is 17.9. The highest BCUT2D eigenvalue weighted by Gasteiger charge is 2.32. The number of benzene rings is 1. The Labute approximate surface area is 155 Å². The van der Waals surface area contributed by atoms with Gasteiger partial charge < -0.3 is 20.5 Å². The summed E-state index contributed by atoms with van der Waals surface area (Å²) in [4.78, 5) is 2.48. The van der Waals surface area contributed by atoms with Crippen molar-refractivity contribution in [2.45, 2.75) is 63.7 Å². The molecule has 6 nitrogen and oxygen atoms in total. The van der Waals surface area contributed by atoms with Crippen molar-refractivity contribution in [2.24, 2.45) is 5.73 Å². The summed E-state index contributed by atoms with van der Waals surface area (Å²) in [5.74, 6) is 2.69. The van der Waals surface area contributed by atoms with E-state index in [0.29, 0.717) is 18.0 Å². The molecule has 0 bridgehead atoms. The number of hydrogen-bond donors (Lipinski definition) is 2. The lowest BCUT2D eigenvalue weighted by Crippen LogP contribution is -2.42. The number of anilines is 1. The highest BCUT2D eigenvalue weighted by Crippen LogP contribution is 2.34. The summed E-state index contributed by atoms with van der Waals surface area (Å²) in [5, 5.41) is 12.6. The molecule has 3 N–H and O–H groups in total. The van der Waals surface area contributed by atoms with Crippen LogP contribution in [-0.2, 0) is 13.1 Å². The summed E-state index contributed by atoms with van der Waals surface area (Å²) in [6.07, 6.45) is 4.42. The number of rotatable bonds is 6. The van der Waals surface area contributed by atoms with Crippen molar-refractivity contribution in [1.29, 1.82) is 0 Å². The van der Waals surface area contributed by atoms with Gasteiger partial charge in [-0.05, 0) is 44.7 Å². The van der Waals surface area contributed by atoms with Gasteiger partial charge in [-0.2, -0.15) is 0 Å². The van der Waals surface area contributed by atoms with Crippen LogP contribution >= 0.6 is 0 Å². The van der Waals surface area contributed by atoms with Crippen LogP contribution in [0.15, 0.2) is 30.3 Å². The number of para-hydroxylation sites is 1. The lowest BCUT2D eigenvalue weighted by atomic mass is 9.80. The van der Waals surface area contributed by atoms with Crippen molar-refractivity contribution in [1.82, 2.24) is 20.1 Å². The normalized spacial score (nSPS) is 23.8. The van der Waals surface area contributed by atoms with Gasteiger partial charge in [0.2, 0.25) is 0 Å². The number of nitrogens with two attached hydrogens (primary N) is 1. The molecular weight excluding hydrogens is 324 g/mol. The zero-order valence-electron chi connectivity index (χ0n) is 15.6. The van der Waals surface area contributed by atoms with Gasteiger partial charge in [0, 0.05) is 43.3 Å². The number of hydrogen-bond acceptors (Lipinski definition) is 5. The molecule has 4 rings (SSSR count). The molecule has 0 radical (unpaired) electrons. The standard InChI is InChI=1S/C20H30N6/c1-2-26-19(23-24-20(26)15-12-16(21)13-15)14-22-17-8-10-25(11-9-17)18-6-4-3-5-7-18/h3-7,15-17,22H,2,8-14,21H2,1H3. The summed E-state index contributed by atoms with van der Waals surface area (Å²) in [7, 11) is 0. The van der Waals surface area contributed by atoms with Crippen molar-refractivity contribution in [3.8, 4) is 0 Å². The number of nitrogens with zero attached hydrogens (tertiary/aromatic N) is 4. The SMILES string of the molecule is CCn1c(CNC2CCN(c3ccccc3)CC2)nnc1C1CC(N)C1. The minimum Gasteiger partial charge on any atom is -0.371 e. The highest BCUT2D eigenvalue weighted by molar-refractivity contribution is 5.46. The Morgan fingerprint density at radius 1 is 1.12 bits per heavy atom. The lowest BCUT2D eigenvalue weighted by molar-refractivity contribution is 0.328. The number of aromatic nitrogens is 3. The topological polar surface area (TPSA) is 72.0 Å². The summed E-state index contributed by atoms with van der Waals surface area (Å²) in [5.41, 5.74) is 7.27. The van der Waals surface area contributed by atoms with Crippen LogP contribution in [0.5, 0.6) is 0 Å². The van der Waals surface area contributed by atoms with Crippen molar-refractivity contribution in [2.75, 3.05) is 18.0 Å². The third-order valence-corrected chi connectivity index (χ3v) is 5.88. The Hall–Kier alpha value is -1.92. The fraction of sp³-hybridized carbons (Fsp3) is 0.600. The molecule has 1 aliphatic carbocycles. The van der Waals surface area contributed by atoms with Crippen LogP contribution < -0.4 is 16.0 Å². The first-order valence-corrected chi connectivity index (χ1v) is 9.95. The molecule has 1 aromatic heterocycles. The summed E-state index contributed by atoms with van der Waals surface area (Å²) >= 11 is 0. The van der Waals surface area contributed by atoms with Crippen LogP contribution in [-0.4, -0.2) is 39.9 Å². The zero-order valence-corrected chi connectivity index (χ0v) is 15.6. The van der Waals surface area contributed by atoms with E-state index < -0.39 is 0 Å². The molecule has 0 amide bonds. The summed E-state index contributed by atoms with van der Waals surface area (Å²) in [6, 6.07) is 11.6. The second-order valence-electron chi connectivity index (χ2n) is 7.62. The van der Waals surface area contributed by atoms with Crippen LogP contribution in [0, 0.1) is 0 Å². The maximum atomic E-state index is 5.94. The molecule has 2 aliphatic rings. The van der Waals surface area contributed by atoms with Gasteiger partial charge in [-0.15, -0.1) is 10.2 Å². The average molecular weight is 355 g/mol. The van der Waals surface area contributed by atoms with Crippen LogP contribution in [0.3, 0.4) is 0 Å². The first-order valence-electron chi connectivity index (χ1n) is 9.95. The fourth-order valence-electron chi connectivity index (χ4n) is 4.22. The van der Waals surface area contributed by atoms with Gasteiger partial charge in [-0.1, -0.05) is 18.2 Å². The van der Waals surface area contributed by atoms with Crippen LogP contribution in [0.4, 0.5) is 5.69 Å². The third kappa shape index (κ3) is 3.62. The largest absolute Gasteiger partial charge is 0.371 e.